The van der Waals surface area contributed by atoms with E-state index in [2.05, 4.69) is 110 Å². The Morgan fingerprint density at radius 2 is 0.937 bits per heavy atom. The molecule has 11 nitrogen and oxygen atoms in total. The molecule has 79 heavy (non-hydrogen) atoms. The smallest absolute Gasteiger partial charge is 0.314 e. The van der Waals surface area contributed by atoms with E-state index in [1.807, 2.05) is 54.6 Å². The van der Waals surface area contributed by atoms with Crippen LogP contribution in [-0.4, -0.2) is 99.4 Å². The Kier molecular flexibility index (Phi) is 44.2. The molecule has 2 amide bonds. The third-order valence-electron chi connectivity index (χ3n) is 15.2. The van der Waals surface area contributed by atoms with Crippen LogP contribution in [0.5, 0.6) is 0 Å². The molecule has 5 unspecified atom stereocenters. The normalized spacial score (nSPS) is 15.8. The molecule has 12 heteroatoms. The largest absolute Gasteiger partial charge is 0.395 e. The van der Waals surface area contributed by atoms with E-state index in [1.54, 1.807) is 0 Å². The van der Waals surface area contributed by atoms with E-state index in [1.165, 1.54) is 34.9 Å². The summed E-state index contributed by atoms with van der Waals surface area (Å²) in [5, 5.41) is 35.2. The number of urea groups is 1. The van der Waals surface area contributed by atoms with E-state index in [-0.39, 0.29) is 94.6 Å². The number of ether oxygens (including phenoxy) is 2. The SMILES string of the molecule is C.C.C.CC(CCCCCN=CC=O)(COC1CCCCO1)c1ccccc1.CC(CO)(CCCCCN)c1ccccc1.CC(CO)(CCCCCNC(=O)NCCCCCC(C)(CO)c1ccccc1)c1ccccc1.[V]. The predicted molar refractivity (Wildman–Crippen MR) is 330 cm³/mol. The summed E-state index contributed by atoms with van der Waals surface area (Å²) in [4.78, 5) is 26.3. The van der Waals surface area contributed by atoms with Crippen molar-refractivity contribution in [1.29, 1.82) is 0 Å². The number of rotatable bonds is 34. The van der Waals surface area contributed by atoms with Crippen molar-refractivity contribution < 1.29 is 52.9 Å². The van der Waals surface area contributed by atoms with E-state index < -0.39 is 0 Å². The van der Waals surface area contributed by atoms with Crippen molar-refractivity contribution >= 4 is 18.5 Å². The molecular formula is C67H110N4O7V. The number of aliphatic imine (C=N–C) groups is 1. The molecule has 1 saturated heterocycles. The number of hydrogen-bond acceptors (Lipinski definition) is 9. The van der Waals surface area contributed by atoms with Crippen molar-refractivity contribution in [3.05, 3.63) is 144 Å². The number of aliphatic hydroxyl groups excluding tert-OH is 3. The predicted octanol–water partition coefficient (Wildman–Crippen LogP) is 14.0. The molecule has 5 rings (SSSR count). The number of hydrogen-bond donors (Lipinski definition) is 6. The zero-order valence-corrected chi connectivity index (χ0v) is 48.4. The summed E-state index contributed by atoms with van der Waals surface area (Å²) in [5.74, 6) is 0. The van der Waals surface area contributed by atoms with Crippen LogP contribution < -0.4 is 16.4 Å². The summed E-state index contributed by atoms with van der Waals surface area (Å²) in [6.07, 6.45) is 21.9. The van der Waals surface area contributed by atoms with Crippen LogP contribution in [0.2, 0.25) is 0 Å². The molecule has 1 aliphatic rings. The molecule has 1 aliphatic heterocycles. The number of nitrogens with one attached hydrogen (secondary N) is 2. The van der Waals surface area contributed by atoms with Gasteiger partial charge in [-0.15, -0.1) is 0 Å². The minimum atomic E-state index is -0.207. The van der Waals surface area contributed by atoms with Crippen LogP contribution in [0.25, 0.3) is 0 Å². The van der Waals surface area contributed by atoms with E-state index >= 15 is 0 Å². The van der Waals surface area contributed by atoms with Gasteiger partial charge in [-0.3, -0.25) is 9.79 Å². The van der Waals surface area contributed by atoms with Crippen molar-refractivity contribution in [3.63, 3.8) is 0 Å². The monoisotopic (exact) mass is 1130 g/mol. The first kappa shape index (κ1) is 76.9. The Hall–Kier alpha value is -4.17. The number of nitrogens with zero attached hydrogens (tertiary/aromatic N) is 1. The van der Waals surface area contributed by atoms with Gasteiger partial charge in [0.2, 0.25) is 0 Å². The maximum Gasteiger partial charge on any atom is 0.314 e. The van der Waals surface area contributed by atoms with Crippen LogP contribution in [0.15, 0.2) is 126 Å². The fourth-order valence-electron chi connectivity index (χ4n) is 9.67. The Morgan fingerprint density at radius 3 is 1.29 bits per heavy atom. The first-order valence-corrected chi connectivity index (χ1v) is 28.3. The molecular weight excluding hydrogens is 1020 g/mol. The summed E-state index contributed by atoms with van der Waals surface area (Å²) in [5.41, 5.74) is 9.86. The van der Waals surface area contributed by atoms with Gasteiger partial charge >= 0.3 is 6.03 Å². The van der Waals surface area contributed by atoms with Gasteiger partial charge in [0, 0.05) is 66.5 Å². The molecule has 1 fully saturated rings. The molecule has 4 aromatic rings. The van der Waals surface area contributed by atoms with Gasteiger partial charge in [0.05, 0.1) is 32.6 Å². The van der Waals surface area contributed by atoms with Gasteiger partial charge in [0.15, 0.2) is 12.6 Å². The zero-order valence-electron chi connectivity index (χ0n) is 47.0. The van der Waals surface area contributed by atoms with Crippen LogP contribution in [0.3, 0.4) is 0 Å². The van der Waals surface area contributed by atoms with Gasteiger partial charge < -0.3 is 41.2 Å². The molecule has 7 N–H and O–H groups in total. The van der Waals surface area contributed by atoms with Crippen LogP contribution >= 0.6 is 0 Å². The third-order valence-corrected chi connectivity index (χ3v) is 15.2. The number of benzene rings is 4. The number of amides is 2. The Balaban J connectivity index is 0. The molecule has 0 bridgehead atoms. The molecule has 0 aromatic heterocycles. The topological polar surface area (TPSA) is 176 Å². The van der Waals surface area contributed by atoms with Gasteiger partial charge in [-0.2, -0.15) is 0 Å². The van der Waals surface area contributed by atoms with E-state index in [9.17, 15) is 24.9 Å². The number of nitrogens with two attached hydrogens (primary N) is 1. The van der Waals surface area contributed by atoms with Crippen LogP contribution in [0, 0.1) is 0 Å². The van der Waals surface area contributed by atoms with E-state index in [4.69, 9.17) is 15.2 Å². The van der Waals surface area contributed by atoms with Gasteiger partial charge in [-0.1, -0.05) is 223 Å². The van der Waals surface area contributed by atoms with Gasteiger partial charge in [-0.05, 0) is 99.4 Å². The molecule has 0 spiro atoms. The summed E-state index contributed by atoms with van der Waals surface area (Å²) in [7, 11) is 0. The maximum atomic E-state index is 12.0. The standard InChI is InChI=1S/C29H44N2O3.C21H31NO3.C14H23NO.3CH4.V/c1-28(23-32,25-15-7-3-8-16-25)19-11-5-13-21-30-27(34)31-22-14-6-12-20-29(2,24-33)26-17-9-4-10-18-26;1-21(19-10-4-2-5-11-19,13-7-3-8-14-22-15-16-23)18-25-20-12-6-9-17-24-20;1-14(12-16,10-6-3-7-11-15)13-8-4-2-5-9-13;;;;/h3-4,7-10,15-18,32-33H,5-6,11-14,19-24H2,1-2H3,(H2,30,31,34);2,4-5,10-11,15-16,20H,3,6-9,12-14,17-18H2,1H3;2,4-5,8-9,16H,3,6-7,10-12,15H2,1H3;3*1H4;. The Bertz CT molecular complexity index is 2000. The number of carbonyl (C=O) groups excluding carboxylic acids is 2. The average molecular weight is 1130 g/mol. The Morgan fingerprint density at radius 1 is 0.570 bits per heavy atom. The maximum absolute atomic E-state index is 12.0. The summed E-state index contributed by atoms with van der Waals surface area (Å²) >= 11 is 0. The second kappa shape index (κ2) is 45.4. The minimum Gasteiger partial charge on any atom is -0.395 e. The molecule has 0 saturated carbocycles. The second-order valence-electron chi connectivity index (χ2n) is 21.7. The third kappa shape index (κ3) is 30.5. The fourth-order valence-corrected chi connectivity index (χ4v) is 9.67. The number of unbranched alkanes of at least 4 members (excludes halogenated alkanes) is 8. The molecule has 5 atom stereocenters. The summed E-state index contributed by atoms with van der Waals surface area (Å²) in [6, 6.07) is 41.2. The zero-order chi connectivity index (χ0) is 54.4. The van der Waals surface area contributed by atoms with E-state index in [0.29, 0.717) is 19.7 Å². The van der Waals surface area contributed by atoms with Crippen LogP contribution in [-0.2, 0) is 54.5 Å². The van der Waals surface area contributed by atoms with Crippen molar-refractivity contribution in [1.82, 2.24) is 10.6 Å². The summed E-state index contributed by atoms with van der Waals surface area (Å²) in [6.45, 7) is 13.5. The summed E-state index contributed by atoms with van der Waals surface area (Å²) < 4.78 is 11.9. The second-order valence-corrected chi connectivity index (χ2v) is 21.7. The fraction of sp³-hybridized carbons (Fsp3) is 0.597. The van der Waals surface area contributed by atoms with Crippen molar-refractivity contribution in [2.75, 3.05) is 59.2 Å². The number of carbonyl (C=O) groups is 2. The van der Waals surface area contributed by atoms with Gasteiger partial charge in [0.25, 0.3) is 0 Å². The van der Waals surface area contributed by atoms with Gasteiger partial charge in [0.1, 0.15) is 0 Å². The van der Waals surface area contributed by atoms with Crippen LogP contribution in [0.1, 0.15) is 194 Å². The van der Waals surface area contributed by atoms with Crippen molar-refractivity contribution in [2.24, 2.45) is 10.7 Å². The molecule has 1 radical (unpaired) electrons. The minimum absolute atomic E-state index is 0. The van der Waals surface area contributed by atoms with Crippen molar-refractivity contribution in [3.8, 4) is 0 Å². The molecule has 445 valence electrons. The Labute approximate surface area is 493 Å². The number of aldehydes is 1. The van der Waals surface area contributed by atoms with Crippen molar-refractivity contribution in [2.45, 2.75) is 200 Å². The molecule has 0 aliphatic carbocycles. The average Bonchev–Trinajstić information content (AvgIpc) is 3.46. The number of aliphatic hydroxyl groups is 3. The first-order valence-electron chi connectivity index (χ1n) is 28.3. The molecule has 1 heterocycles. The van der Waals surface area contributed by atoms with E-state index in [0.717, 1.165) is 142 Å². The quantitative estimate of drug-likeness (QED) is 0.0152. The molecule has 4 aromatic carbocycles. The van der Waals surface area contributed by atoms with Gasteiger partial charge in [-0.25, -0.2) is 4.79 Å². The first-order chi connectivity index (χ1) is 36.4. The van der Waals surface area contributed by atoms with Crippen LogP contribution in [0.4, 0.5) is 4.79 Å².